The largest absolute Gasteiger partial charge is 0.496 e. The van der Waals surface area contributed by atoms with Crippen molar-refractivity contribution in [2.45, 2.75) is 11.8 Å². The number of fused-ring (bicyclic) bond motifs is 1. The van der Waals surface area contributed by atoms with Crippen molar-refractivity contribution in [1.29, 1.82) is 0 Å². The molecule has 0 radical (unpaired) electrons. The lowest BCUT2D eigenvalue weighted by molar-refractivity contribution is -0.111. The molecule has 0 unspecified atom stereocenters. The zero-order valence-corrected chi connectivity index (χ0v) is 18.8. The first-order valence-electron chi connectivity index (χ1n) is 10.0. The summed E-state index contributed by atoms with van der Waals surface area (Å²) in [6, 6.07) is 19.3. The third-order valence-electron chi connectivity index (χ3n) is 5.20. The Morgan fingerprint density at radius 2 is 1.76 bits per heavy atom. The van der Waals surface area contributed by atoms with E-state index in [2.05, 4.69) is 5.32 Å². The monoisotopic (exact) mass is 462 g/mol. The summed E-state index contributed by atoms with van der Waals surface area (Å²) in [4.78, 5) is 12.6. The maximum atomic E-state index is 12.6. The second kappa shape index (κ2) is 8.93. The summed E-state index contributed by atoms with van der Waals surface area (Å²) in [7, 11) is -2.23. The molecule has 0 spiro atoms. The average molecular weight is 463 g/mol. The van der Waals surface area contributed by atoms with Crippen molar-refractivity contribution < 1.29 is 22.4 Å². The number of rotatable bonds is 6. The molecule has 0 aliphatic rings. The first-order valence-corrected chi connectivity index (χ1v) is 11.6. The molecule has 8 heteroatoms. The van der Waals surface area contributed by atoms with E-state index in [0.29, 0.717) is 22.6 Å². The molecule has 3 aromatic carbocycles. The number of hydrogen-bond acceptors (Lipinski definition) is 5. The highest BCUT2D eigenvalue weighted by molar-refractivity contribution is 7.89. The fourth-order valence-electron chi connectivity index (χ4n) is 3.55. The Balaban J connectivity index is 1.64. The Morgan fingerprint density at radius 1 is 1.06 bits per heavy atom. The lowest BCUT2D eigenvalue weighted by atomic mass is 9.99. The van der Waals surface area contributed by atoms with Gasteiger partial charge in [-0.2, -0.15) is 0 Å². The molecule has 0 saturated heterocycles. The van der Waals surface area contributed by atoms with E-state index in [-0.39, 0.29) is 10.8 Å². The van der Waals surface area contributed by atoms with Crippen molar-refractivity contribution in [3.8, 4) is 16.9 Å². The van der Waals surface area contributed by atoms with Gasteiger partial charge in [-0.25, -0.2) is 13.6 Å². The van der Waals surface area contributed by atoms with Crippen LogP contribution in [0.2, 0.25) is 0 Å². The van der Waals surface area contributed by atoms with Gasteiger partial charge in [-0.05, 0) is 48.4 Å². The smallest absolute Gasteiger partial charge is 0.248 e. The van der Waals surface area contributed by atoms with Crippen molar-refractivity contribution in [3.63, 3.8) is 0 Å². The Bertz CT molecular complexity index is 1450. The van der Waals surface area contributed by atoms with Gasteiger partial charge in [-0.15, -0.1) is 0 Å². The van der Waals surface area contributed by atoms with Gasteiger partial charge in [-0.1, -0.05) is 30.3 Å². The molecule has 33 heavy (non-hydrogen) atoms. The number of carbonyl (C=O) groups excluding carboxylic acids is 1. The molecule has 1 heterocycles. The van der Waals surface area contributed by atoms with Crippen molar-refractivity contribution in [2.75, 3.05) is 12.4 Å². The standard InChI is InChI=1S/C25H22N2O5S/c1-16(12-25(28)27-18-8-10-19(11-9-18)33(26,29)30)20-13-21-22(17-6-4-3-5-7-17)15-32-24(21)14-23(20)31-2/h3-15H,1-2H3,(H,27,28)(H2,26,29,30)/b16-12+. The lowest BCUT2D eigenvalue weighted by Gasteiger charge is -2.10. The second-order valence-electron chi connectivity index (χ2n) is 7.45. The van der Waals surface area contributed by atoms with E-state index in [0.717, 1.165) is 22.1 Å². The first kappa shape index (κ1) is 22.3. The van der Waals surface area contributed by atoms with Gasteiger partial charge in [0.1, 0.15) is 11.3 Å². The molecule has 1 aromatic heterocycles. The number of furan rings is 1. The van der Waals surface area contributed by atoms with E-state index in [1.165, 1.54) is 30.3 Å². The summed E-state index contributed by atoms with van der Waals surface area (Å²) >= 11 is 0. The predicted octanol–water partition coefficient (Wildman–Crippen LogP) is 4.80. The number of ether oxygens (including phenoxy) is 1. The highest BCUT2D eigenvalue weighted by atomic mass is 32.2. The lowest BCUT2D eigenvalue weighted by Crippen LogP contribution is -2.12. The van der Waals surface area contributed by atoms with Crippen LogP contribution in [-0.4, -0.2) is 21.4 Å². The third kappa shape index (κ3) is 4.82. The minimum Gasteiger partial charge on any atom is -0.496 e. The number of amides is 1. The molecule has 3 N–H and O–H groups in total. The Labute approximate surface area is 191 Å². The number of primary sulfonamides is 1. The molecule has 0 saturated carbocycles. The van der Waals surface area contributed by atoms with Crippen LogP contribution in [-0.2, 0) is 14.8 Å². The van der Waals surface area contributed by atoms with Crippen LogP contribution in [0.1, 0.15) is 12.5 Å². The fraction of sp³-hybridized carbons (Fsp3) is 0.0800. The average Bonchev–Trinajstić information content (AvgIpc) is 3.21. The number of nitrogens with one attached hydrogen (secondary N) is 1. The number of hydrogen-bond donors (Lipinski definition) is 2. The Morgan fingerprint density at radius 3 is 2.39 bits per heavy atom. The van der Waals surface area contributed by atoms with Crippen molar-refractivity contribution in [2.24, 2.45) is 5.14 Å². The van der Waals surface area contributed by atoms with Gasteiger partial charge in [-0.3, -0.25) is 4.79 Å². The predicted molar refractivity (Wildman–Crippen MR) is 128 cm³/mol. The van der Waals surface area contributed by atoms with Gasteiger partial charge >= 0.3 is 0 Å². The number of allylic oxidation sites excluding steroid dienone is 1. The molecular weight excluding hydrogens is 440 g/mol. The second-order valence-corrected chi connectivity index (χ2v) is 9.01. The molecule has 7 nitrogen and oxygen atoms in total. The number of methoxy groups -OCH3 is 1. The third-order valence-corrected chi connectivity index (χ3v) is 6.13. The van der Waals surface area contributed by atoms with Crippen LogP contribution in [0.5, 0.6) is 5.75 Å². The van der Waals surface area contributed by atoms with Crippen LogP contribution in [0, 0.1) is 0 Å². The van der Waals surface area contributed by atoms with Crippen molar-refractivity contribution >= 4 is 38.2 Å². The molecule has 0 aliphatic heterocycles. The maximum absolute atomic E-state index is 12.6. The van der Waals surface area contributed by atoms with Crippen molar-refractivity contribution in [3.05, 3.63) is 84.6 Å². The van der Waals surface area contributed by atoms with Gasteiger partial charge in [0.15, 0.2) is 0 Å². The zero-order valence-electron chi connectivity index (χ0n) is 18.0. The van der Waals surface area contributed by atoms with Gasteiger partial charge in [0.25, 0.3) is 0 Å². The minimum absolute atomic E-state index is 0.0282. The Hall–Kier alpha value is -3.88. The van der Waals surface area contributed by atoms with E-state index >= 15 is 0 Å². The zero-order chi connectivity index (χ0) is 23.6. The van der Waals surface area contributed by atoms with E-state index in [1.54, 1.807) is 19.4 Å². The highest BCUT2D eigenvalue weighted by Crippen LogP contribution is 2.37. The number of sulfonamides is 1. The molecule has 0 bridgehead atoms. The van der Waals surface area contributed by atoms with Crippen LogP contribution < -0.4 is 15.2 Å². The molecule has 168 valence electrons. The number of carbonyl (C=O) groups is 1. The van der Waals surface area contributed by atoms with E-state index < -0.39 is 10.0 Å². The summed E-state index contributed by atoms with van der Waals surface area (Å²) in [6.07, 6.45) is 3.17. The molecule has 1 amide bonds. The van der Waals surface area contributed by atoms with Gasteiger partial charge in [0.05, 0.1) is 18.3 Å². The fourth-order valence-corrected chi connectivity index (χ4v) is 4.07. The normalized spacial score (nSPS) is 12.0. The Kier molecular flexibility index (Phi) is 6.04. The van der Waals surface area contributed by atoms with Crippen LogP contribution >= 0.6 is 0 Å². The molecule has 4 aromatic rings. The summed E-state index contributed by atoms with van der Waals surface area (Å²) in [5.41, 5.74) is 4.54. The van der Waals surface area contributed by atoms with Crippen LogP contribution in [0.4, 0.5) is 5.69 Å². The van der Waals surface area contributed by atoms with Crippen molar-refractivity contribution in [1.82, 2.24) is 0 Å². The van der Waals surface area contributed by atoms with Gasteiger partial charge in [0.2, 0.25) is 15.9 Å². The summed E-state index contributed by atoms with van der Waals surface area (Å²) in [5, 5.41) is 8.73. The topological polar surface area (TPSA) is 112 Å². The molecule has 0 fully saturated rings. The highest BCUT2D eigenvalue weighted by Gasteiger charge is 2.15. The first-order chi connectivity index (χ1) is 15.8. The van der Waals surface area contributed by atoms with Crippen LogP contribution in [0.3, 0.4) is 0 Å². The SMILES string of the molecule is COc1cc2occ(-c3ccccc3)c2cc1/C(C)=C/C(=O)Nc1ccc(S(N)(=O)=O)cc1. The van der Waals surface area contributed by atoms with Gasteiger partial charge < -0.3 is 14.5 Å². The van der Waals surface area contributed by atoms with Gasteiger partial charge in [0, 0.05) is 34.3 Å². The van der Waals surface area contributed by atoms with E-state index in [9.17, 15) is 13.2 Å². The molecule has 0 aliphatic carbocycles. The maximum Gasteiger partial charge on any atom is 0.248 e. The van der Waals surface area contributed by atoms with E-state index in [4.69, 9.17) is 14.3 Å². The quantitative estimate of drug-likeness (QED) is 0.400. The summed E-state index contributed by atoms with van der Waals surface area (Å²) < 4.78 is 34.0. The van der Waals surface area contributed by atoms with E-state index in [1.807, 2.05) is 43.3 Å². The van der Waals surface area contributed by atoms with Crippen LogP contribution in [0.15, 0.2) is 88.4 Å². The number of benzene rings is 3. The van der Waals surface area contributed by atoms with Crippen LogP contribution in [0.25, 0.3) is 27.7 Å². The number of nitrogens with two attached hydrogens (primary N) is 1. The number of anilines is 1. The molecule has 0 atom stereocenters. The molecular formula is C25H22N2O5S. The summed E-state index contributed by atoms with van der Waals surface area (Å²) in [5.74, 6) is 0.212. The minimum atomic E-state index is -3.79. The molecule has 4 rings (SSSR count). The summed E-state index contributed by atoms with van der Waals surface area (Å²) in [6.45, 7) is 1.82.